The molecule has 4 nitrogen and oxygen atoms in total. The van der Waals surface area contributed by atoms with Crippen LogP contribution in [0.15, 0.2) is 18.2 Å². The minimum atomic E-state index is -0.264. The Morgan fingerprint density at radius 2 is 2.12 bits per heavy atom. The smallest absolute Gasteiger partial charge is 0.306 e. The van der Waals surface area contributed by atoms with E-state index in [0.29, 0.717) is 36.5 Å². The highest BCUT2D eigenvalue weighted by Gasteiger charge is 2.57. The number of phenols is 1. The Balaban J connectivity index is 1.73. The molecule has 1 aromatic rings. The summed E-state index contributed by atoms with van der Waals surface area (Å²) in [6, 6.07) is 5.73. The van der Waals surface area contributed by atoms with E-state index >= 15 is 0 Å². The maximum absolute atomic E-state index is 12.3. The van der Waals surface area contributed by atoms with Crippen molar-refractivity contribution >= 4 is 5.97 Å². The lowest BCUT2D eigenvalue weighted by Crippen LogP contribution is -2.48. The van der Waals surface area contributed by atoms with Crippen LogP contribution in [0.3, 0.4) is 0 Å². The van der Waals surface area contributed by atoms with Crippen molar-refractivity contribution in [2.45, 2.75) is 64.4 Å². The molecule has 3 aliphatic rings. The van der Waals surface area contributed by atoms with Crippen LogP contribution < -0.4 is 0 Å². The van der Waals surface area contributed by atoms with E-state index < -0.39 is 0 Å². The average Bonchev–Trinajstić information content (AvgIpc) is 2.89. The molecule has 0 radical (unpaired) electrons. The Bertz CT molecular complexity index is 699. The van der Waals surface area contributed by atoms with Crippen molar-refractivity contribution < 1.29 is 19.7 Å². The maximum atomic E-state index is 12.3. The van der Waals surface area contributed by atoms with Crippen molar-refractivity contribution in [2.75, 3.05) is 6.61 Å². The van der Waals surface area contributed by atoms with Crippen LogP contribution in [-0.4, -0.2) is 28.9 Å². The highest BCUT2D eigenvalue weighted by atomic mass is 16.5. The van der Waals surface area contributed by atoms with Gasteiger partial charge in [0.15, 0.2) is 0 Å². The van der Waals surface area contributed by atoms with Crippen LogP contribution in [0.2, 0.25) is 0 Å². The number of carbonyl (C=O) groups excluding carboxylic acids is 1. The van der Waals surface area contributed by atoms with Crippen molar-refractivity contribution in [3.05, 3.63) is 29.3 Å². The number of aromatic hydroxyl groups is 1. The lowest BCUT2D eigenvalue weighted by atomic mass is 9.51. The van der Waals surface area contributed by atoms with Crippen LogP contribution in [0.4, 0.5) is 0 Å². The van der Waals surface area contributed by atoms with E-state index in [0.717, 1.165) is 32.1 Å². The molecule has 0 aliphatic heterocycles. The van der Waals surface area contributed by atoms with Gasteiger partial charge in [0.2, 0.25) is 0 Å². The fourth-order valence-electron chi connectivity index (χ4n) is 6.48. The normalized spacial score (nSPS) is 38.2. The van der Waals surface area contributed by atoms with Gasteiger partial charge in [-0.1, -0.05) is 13.0 Å². The lowest BCUT2D eigenvalue weighted by Gasteiger charge is -2.53. The minimum absolute atomic E-state index is 0.0905. The van der Waals surface area contributed by atoms with Gasteiger partial charge in [-0.15, -0.1) is 0 Å². The SMILES string of the molecule is CCOC(=O)CC1CC2(C)C(O)CCC2C2CCc3cc(O)ccc3C12. The van der Waals surface area contributed by atoms with E-state index in [9.17, 15) is 15.0 Å². The predicted molar refractivity (Wildman–Crippen MR) is 98.9 cm³/mol. The summed E-state index contributed by atoms with van der Waals surface area (Å²) in [5.74, 6) is 1.73. The first-order valence-corrected chi connectivity index (χ1v) is 10.1. The largest absolute Gasteiger partial charge is 0.508 e. The molecule has 4 rings (SSSR count). The Morgan fingerprint density at radius 1 is 1.31 bits per heavy atom. The molecule has 2 fully saturated rings. The summed E-state index contributed by atoms with van der Waals surface area (Å²) in [5.41, 5.74) is 2.44. The molecule has 0 saturated heterocycles. The molecule has 142 valence electrons. The molecular formula is C22H30O4. The topological polar surface area (TPSA) is 66.8 Å². The van der Waals surface area contributed by atoms with Gasteiger partial charge in [0, 0.05) is 6.42 Å². The predicted octanol–water partition coefficient (Wildman–Crippen LogP) is 3.79. The summed E-state index contributed by atoms with van der Waals surface area (Å²) < 4.78 is 5.26. The van der Waals surface area contributed by atoms with E-state index in [1.54, 1.807) is 6.07 Å². The summed E-state index contributed by atoms with van der Waals surface area (Å²) in [7, 11) is 0. The van der Waals surface area contributed by atoms with Gasteiger partial charge in [-0.05, 0) is 91.4 Å². The molecule has 6 unspecified atom stereocenters. The van der Waals surface area contributed by atoms with E-state index in [1.165, 1.54) is 11.1 Å². The lowest BCUT2D eigenvalue weighted by molar-refractivity contribution is -0.146. The molecule has 6 atom stereocenters. The first-order chi connectivity index (χ1) is 12.4. The van der Waals surface area contributed by atoms with Crippen LogP contribution >= 0.6 is 0 Å². The number of carbonyl (C=O) groups is 1. The standard InChI is InChI=1S/C22H30O4/c1-3-26-20(25)11-14-12-22(2)18(8-9-19(22)24)17-6-4-13-10-15(23)5-7-16(13)21(14)17/h5,7,10,14,17-19,21,23-24H,3-4,6,8-9,11-12H2,1-2H3. The van der Waals surface area contributed by atoms with Crippen molar-refractivity contribution in [1.82, 2.24) is 0 Å². The monoisotopic (exact) mass is 358 g/mol. The summed E-state index contributed by atoms with van der Waals surface area (Å²) >= 11 is 0. The number of phenolic OH excluding ortho intramolecular Hbond substituents is 1. The summed E-state index contributed by atoms with van der Waals surface area (Å²) in [6.45, 7) is 4.49. The van der Waals surface area contributed by atoms with Gasteiger partial charge in [0.05, 0.1) is 12.7 Å². The van der Waals surface area contributed by atoms with Crippen LogP contribution in [0.1, 0.15) is 63.0 Å². The molecule has 0 spiro atoms. The molecule has 0 bridgehead atoms. The molecule has 1 aromatic carbocycles. The van der Waals surface area contributed by atoms with E-state index in [4.69, 9.17) is 4.74 Å². The Morgan fingerprint density at radius 3 is 2.88 bits per heavy atom. The number of aryl methyl sites for hydroxylation is 1. The first-order valence-electron chi connectivity index (χ1n) is 10.1. The number of fused-ring (bicyclic) bond motifs is 5. The number of ether oxygens (including phenoxy) is 1. The third-order valence-electron chi connectivity index (χ3n) is 7.51. The molecular weight excluding hydrogens is 328 g/mol. The van der Waals surface area contributed by atoms with Crippen LogP contribution in [-0.2, 0) is 16.0 Å². The molecule has 0 heterocycles. The number of rotatable bonds is 3. The Labute approximate surface area is 155 Å². The molecule has 0 aromatic heterocycles. The van der Waals surface area contributed by atoms with Gasteiger partial charge in [-0.2, -0.15) is 0 Å². The van der Waals surface area contributed by atoms with Crippen LogP contribution in [0.25, 0.3) is 0 Å². The molecule has 26 heavy (non-hydrogen) atoms. The molecule has 2 saturated carbocycles. The molecule has 2 N–H and O–H groups in total. The average molecular weight is 358 g/mol. The quantitative estimate of drug-likeness (QED) is 0.807. The summed E-state index contributed by atoms with van der Waals surface area (Å²) in [5, 5.41) is 20.6. The number of hydrogen-bond acceptors (Lipinski definition) is 4. The van der Waals surface area contributed by atoms with Crippen LogP contribution in [0, 0.1) is 23.2 Å². The zero-order valence-electron chi connectivity index (χ0n) is 15.8. The number of esters is 1. The van der Waals surface area contributed by atoms with Gasteiger partial charge >= 0.3 is 5.97 Å². The van der Waals surface area contributed by atoms with Gasteiger partial charge < -0.3 is 14.9 Å². The Kier molecular flexibility index (Phi) is 4.50. The third-order valence-corrected chi connectivity index (χ3v) is 7.51. The van der Waals surface area contributed by atoms with Crippen molar-refractivity contribution in [3.8, 4) is 5.75 Å². The fourth-order valence-corrected chi connectivity index (χ4v) is 6.48. The second-order valence-electron chi connectivity index (χ2n) is 8.79. The van der Waals surface area contributed by atoms with Gasteiger partial charge in [0.25, 0.3) is 0 Å². The van der Waals surface area contributed by atoms with E-state index in [1.807, 2.05) is 13.0 Å². The third kappa shape index (κ3) is 2.74. The molecule has 4 heteroatoms. The molecule has 3 aliphatic carbocycles. The highest BCUT2D eigenvalue weighted by molar-refractivity contribution is 5.70. The number of aliphatic hydroxyl groups excluding tert-OH is 1. The zero-order chi connectivity index (χ0) is 18.5. The summed E-state index contributed by atoms with van der Waals surface area (Å²) in [6.07, 6.45) is 5.04. The van der Waals surface area contributed by atoms with Crippen molar-refractivity contribution in [1.29, 1.82) is 0 Å². The fraction of sp³-hybridized carbons (Fsp3) is 0.682. The first kappa shape index (κ1) is 17.8. The summed E-state index contributed by atoms with van der Waals surface area (Å²) in [4.78, 5) is 12.3. The van der Waals surface area contributed by atoms with E-state index in [2.05, 4.69) is 13.0 Å². The van der Waals surface area contributed by atoms with Gasteiger partial charge in [-0.3, -0.25) is 4.79 Å². The second kappa shape index (κ2) is 6.56. The Hall–Kier alpha value is -1.55. The number of benzene rings is 1. The minimum Gasteiger partial charge on any atom is -0.508 e. The van der Waals surface area contributed by atoms with E-state index in [-0.39, 0.29) is 23.4 Å². The second-order valence-corrected chi connectivity index (χ2v) is 8.79. The van der Waals surface area contributed by atoms with Crippen molar-refractivity contribution in [3.63, 3.8) is 0 Å². The number of aliphatic hydroxyl groups is 1. The number of hydrogen-bond donors (Lipinski definition) is 2. The zero-order valence-corrected chi connectivity index (χ0v) is 15.8. The van der Waals surface area contributed by atoms with Crippen LogP contribution in [0.5, 0.6) is 5.75 Å². The highest BCUT2D eigenvalue weighted by Crippen LogP contribution is 2.63. The van der Waals surface area contributed by atoms with Crippen molar-refractivity contribution in [2.24, 2.45) is 23.2 Å². The van der Waals surface area contributed by atoms with Gasteiger partial charge in [0.1, 0.15) is 5.75 Å². The maximum Gasteiger partial charge on any atom is 0.306 e. The molecule has 0 amide bonds. The van der Waals surface area contributed by atoms with Gasteiger partial charge in [-0.25, -0.2) is 0 Å².